The minimum Gasteiger partial charge on any atom is -0.289 e. The second-order valence-electron chi connectivity index (χ2n) is 4.70. The molecule has 2 aromatic rings. The lowest BCUT2D eigenvalue weighted by Gasteiger charge is -2.18. The van der Waals surface area contributed by atoms with Crippen LogP contribution < -0.4 is 4.90 Å². The van der Waals surface area contributed by atoms with E-state index in [9.17, 15) is 14.4 Å². The molecular formula is C17H10BrNO3. The summed E-state index contributed by atoms with van der Waals surface area (Å²) in [5.74, 6) is -1.15. The van der Waals surface area contributed by atoms with Crippen molar-refractivity contribution in [3.05, 3.63) is 76.3 Å². The molecule has 0 aliphatic carbocycles. The van der Waals surface area contributed by atoms with Crippen LogP contribution in [0.2, 0.25) is 0 Å². The number of ketones is 1. The van der Waals surface area contributed by atoms with E-state index in [2.05, 4.69) is 15.9 Å². The van der Waals surface area contributed by atoms with Gasteiger partial charge < -0.3 is 0 Å². The summed E-state index contributed by atoms with van der Waals surface area (Å²) in [5, 5.41) is 0. The lowest BCUT2D eigenvalue weighted by molar-refractivity contribution is -0.119. The van der Waals surface area contributed by atoms with E-state index in [1.165, 1.54) is 12.2 Å². The zero-order valence-corrected chi connectivity index (χ0v) is 12.9. The largest absolute Gasteiger partial charge is 0.289 e. The predicted molar refractivity (Wildman–Crippen MR) is 85.6 cm³/mol. The number of nitrogens with zero attached hydrogens (tertiary/aromatic N) is 1. The van der Waals surface area contributed by atoms with Crippen LogP contribution in [0.15, 0.2) is 65.2 Å². The number of rotatable bonds is 3. The van der Waals surface area contributed by atoms with E-state index in [1.807, 2.05) is 6.07 Å². The van der Waals surface area contributed by atoms with Crippen molar-refractivity contribution in [2.75, 3.05) is 4.90 Å². The van der Waals surface area contributed by atoms with E-state index in [4.69, 9.17) is 0 Å². The molecule has 0 N–H and O–H groups in total. The van der Waals surface area contributed by atoms with Gasteiger partial charge in [-0.05, 0) is 18.2 Å². The summed E-state index contributed by atoms with van der Waals surface area (Å²) >= 11 is 3.32. The highest BCUT2D eigenvalue weighted by Gasteiger charge is 2.29. The van der Waals surface area contributed by atoms with Crippen molar-refractivity contribution in [1.82, 2.24) is 0 Å². The Morgan fingerprint density at radius 1 is 0.909 bits per heavy atom. The van der Waals surface area contributed by atoms with Gasteiger partial charge in [0.05, 0.1) is 5.69 Å². The summed E-state index contributed by atoms with van der Waals surface area (Å²) in [6, 6.07) is 13.6. The number of benzene rings is 2. The lowest BCUT2D eigenvalue weighted by Crippen LogP contribution is -2.31. The Morgan fingerprint density at radius 3 is 2.18 bits per heavy atom. The van der Waals surface area contributed by atoms with E-state index in [0.717, 1.165) is 4.90 Å². The molecule has 0 spiro atoms. The van der Waals surface area contributed by atoms with Gasteiger partial charge in [0.25, 0.3) is 11.8 Å². The summed E-state index contributed by atoms with van der Waals surface area (Å²) in [5.41, 5.74) is 1.08. The number of hydrogen-bond acceptors (Lipinski definition) is 3. The molecule has 2 aromatic carbocycles. The number of carbonyl (C=O) groups is 3. The topological polar surface area (TPSA) is 54.5 Å². The van der Waals surface area contributed by atoms with Crippen molar-refractivity contribution in [3.8, 4) is 0 Å². The minimum absolute atomic E-state index is 0.246. The van der Waals surface area contributed by atoms with Crippen LogP contribution in [0.25, 0.3) is 0 Å². The molecule has 1 aliphatic rings. The number of halogens is 1. The molecule has 0 saturated heterocycles. The van der Waals surface area contributed by atoms with Crippen molar-refractivity contribution in [2.45, 2.75) is 0 Å². The Bertz CT molecular complexity index is 794. The Morgan fingerprint density at radius 2 is 1.55 bits per heavy atom. The molecule has 0 atom stereocenters. The van der Waals surface area contributed by atoms with Gasteiger partial charge in [-0.25, -0.2) is 4.90 Å². The van der Waals surface area contributed by atoms with Crippen molar-refractivity contribution in [1.29, 1.82) is 0 Å². The quantitative estimate of drug-likeness (QED) is 0.627. The third-order valence-corrected chi connectivity index (χ3v) is 3.78. The van der Waals surface area contributed by atoms with Crippen LogP contribution in [0.4, 0.5) is 5.69 Å². The molecule has 1 heterocycles. The maximum atomic E-state index is 12.7. The smallest absolute Gasteiger partial charge is 0.258 e. The number of anilines is 1. The zero-order chi connectivity index (χ0) is 15.7. The first kappa shape index (κ1) is 14.4. The molecule has 0 fully saturated rings. The first-order valence-corrected chi connectivity index (χ1v) is 7.32. The normalized spacial score (nSPS) is 13.8. The molecule has 0 saturated carbocycles. The Hall–Kier alpha value is -2.53. The first-order chi connectivity index (χ1) is 10.6. The summed E-state index contributed by atoms with van der Waals surface area (Å²) < 4.78 is 0.697. The van der Waals surface area contributed by atoms with Gasteiger partial charge in [-0.2, -0.15) is 0 Å². The van der Waals surface area contributed by atoms with E-state index >= 15 is 0 Å². The molecule has 108 valence electrons. The van der Waals surface area contributed by atoms with Gasteiger partial charge in [0.2, 0.25) is 0 Å². The first-order valence-electron chi connectivity index (χ1n) is 6.53. The molecule has 4 nitrogen and oxygen atoms in total. The van der Waals surface area contributed by atoms with Gasteiger partial charge in [-0.3, -0.25) is 14.4 Å². The van der Waals surface area contributed by atoms with Crippen LogP contribution >= 0.6 is 15.9 Å². The van der Waals surface area contributed by atoms with Crippen molar-refractivity contribution in [3.63, 3.8) is 0 Å². The van der Waals surface area contributed by atoms with Crippen LogP contribution in [0.1, 0.15) is 15.9 Å². The SMILES string of the molecule is O=C(c1ccccc1)c1cc(Br)ccc1N1C(=O)C=CC1=O. The summed E-state index contributed by atoms with van der Waals surface area (Å²) in [7, 11) is 0. The number of imide groups is 1. The molecule has 0 radical (unpaired) electrons. The number of amides is 2. The fraction of sp³-hybridized carbons (Fsp3) is 0. The van der Waals surface area contributed by atoms with Crippen molar-refractivity contribution in [2.24, 2.45) is 0 Å². The molecule has 0 bridgehead atoms. The highest BCUT2D eigenvalue weighted by Crippen LogP contribution is 2.29. The van der Waals surface area contributed by atoms with Crippen molar-refractivity contribution >= 4 is 39.2 Å². The standard InChI is InChI=1S/C17H10BrNO3/c18-12-6-7-14(19-15(20)8-9-16(19)21)13(10-12)17(22)11-4-2-1-3-5-11/h1-10H. The fourth-order valence-corrected chi connectivity index (χ4v) is 2.63. The molecule has 22 heavy (non-hydrogen) atoms. The summed E-state index contributed by atoms with van der Waals surface area (Å²) in [4.78, 5) is 37.5. The fourth-order valence-electron chi connectivity index (χ4n) is 2.27. The number of carbonyl (C=O) groups excluding carboxylic acids is 3. The highest BCUT2D eigenvalue weighted by atomic mass is 79.9. The molecule has 0 aromatic heterocycles. The average Bonchev–Trinajstić information content (AvgIpc) is 2.86. The van der Waals surface area contributed by atoms with E-state index in [0.29, 0.717) is 15.6 Å². The van der Waals surface area contributed by atoms with Gasteiger partial charge in [-0.1, -0.05) is 46.3 Å². The maximum absolute atomic E-state index is 12.7. The molecule has 3 rings (SSSR count). The molecule has 1 aliphatic heterocycles. The lowest BCUT2D eigenvalue weighted by atomic mass is 10.0. The zero-order valence-electron chi connectivity index (χ0n) is 11.3. The highest BCUT2D eigenvalue weighted by molar-refractivity contribution is 9.10. The van der Waals surface area contributed by atoms with Crippen LogP contribution in [0.3, 0.4) is 0 Å². The molecule has 5 heteroatoms. The second kappa shape index (κ2) is 5.69. The third-order valence-electron chi connectivity index (χ3n) is 3.29. The van der Waals surface area contributed by atoms with Gasteiger partial charge in [0, 0.05) is 27.8 Å². The van der Waals surface area contributed by atoms with Gasteiger partial charge >= 0.3 is 0 Å². The average molecular weight is 356 g/mol. The summed E-state index contributed by atoms with van der Waals surface area (Å²) in [6.07, 6.45) is 2.39. The van der Waals surface area contributed by atoms with Crippen molar-refractivity contribution < 1.29 is 14.4 Å². The van der Waals surface area contributed by atoms with Gasteiger partial charge in [-0.15, -0.1) is 0 Å². The van der Waals surface area contributed by atoms with E-state index < -0.39 is 11.8 Å². The minimum atomic E-state index is -0.450. The van der Waals surface area contributed by atoms with E-state index in [-0.39, 0.29) is 11.5 Å². The molecular weight excluding hydrogens is 346 g/mol. The maximum Gasteiger partial charge on any atom is 0.258 e. The molecule has 2 amide bonds. The van der Waals surface area contributed by atoms with Crippen LogP contribution in [0, 0.1) is 0 Å². The van der Waals surface area contributed by atoms with Gasteiger partial charge in [0.1, 0.15) is 0 Å². The van der Waals surface area contributed by atoms with E-state index in [1.54, 1.807) is 42.5 Å². The second-order valence-corrected chi connectivity index (χ2v) is 5.62. The van der Waals surface area contributed by atoms with Gasteiger partial charge in [0.15, 0.2) is 5.78 Å². The monoisotopic (exact) mass is 355 g/mol. The Kier molecular flexibility index (Phi) is 3.73. The van der Waals surface area contributed by atoms with Crippen LogP contribution in [0.5, 0.6) is 0 Å². The van der Waals surface area contributed by atoms with Crippen LogP contribution in [-0.2, 0) is 9.59 Å². The third kappa shape index (κ3) is 2.51. The Labute approximate surface area is 135 Å². The summed E-state index contributed by atoms with van der Waals surface area (Å²) in [6.45, 7) is 0. The predicted octanol–water partition coefficient (Wildman–Crippen LogP) is 3.11. The Balaban J connectivity index is 2.12. The van der Waals surface area contributed by atoms with Crippen LogP contribution in [-0.4, -0.2) is 17.6 Å². The molecule has 0 unspecified atom stereocenters. The number of hydrogen-bond donors (Lipinski definition) is 0.